The maximum Gasteiger partial charge on any atom is 0.328 e. The van der Waals surface area contributed by atoms with Crippen LogP contribution in [0.25, 0.3) is 11.3 Å². The largest absolute Gasteiger partial charge is 0.355 e. The van der Waals surface area contributed by atoms with Gasteiger partial charge in [-0.1, -0.05) is 48.5 Å². The van der Waals surface area contributed by atoms with Gasteiger partial charge in [-0.15, -0.1) is 0 Å². The lowest BCUT2D eigenvalue weighted by Crippen LogP contribution is -2.55. The van der Waals surface area contributed by atoms with E-state index in [0.717, 1.165) is 11.3 Å². The van der Waals surface area contributed by atoms with Crippen molar-refractivity contribution in [3.63, 3.8) is 0 Å². The average molecular weight is 510 g/mol. The van der Waals surface area contributed by atoms with Crippen LogP contribution in [0.3, 0.4) is 0 Å². The maximum atomic E-state index is 13.3. The second-order valence-electron chi connectivity index (χ2n) is 8.43. The minimum Gasteiger partial charge on any atom is -0.355 e. The zero-order valence-electron chi connectivity index (χ0n) is 19.5. The zero-order chi connectivity index (χ0) is 25.5. The number of carbonyl (C=O) groups is 2. The van der Waals surface area contributed by atoms with Gasteiger partial charge in [0.05, 0.1) is 11.9 Å². The number of hydrogen-bond donors (Lipinski definition) is 5. The van der Waals surface area contributed by atoms with Crippen LogP contribution >= 0.6 is 7.60 Å². The predicted molar refractivity (Wildman–Crippen MR) is 137 cm³/mol. The third-order valence-electron chi connectivity index (χ3n) is 5.64. The van der Waals surface area contributed by atoms with E-state index in [0.29, 0.717) is 37.6 Å². The van der Waals surface area contributed by atoms with Gasteiger partial charge in [-0.25, -0.2) is 4.98 Å². The van der Waals surface area contributed by atoms with E-state index < -0.39 is 31.6 Å². The molecule has 0 radical (unpaired) electrons. The van der Waals surface area contributed by atoms with E-state index in [1.807, 2.05) is 60.7 Å². The third-order valence-corrected chi connectivity index (χ3v) is 6.48. The molecule has 36 heavy (non-hydrogen) atoms. The van der Waals surface area contributed by atoms with Gasteiger partial charge >= 0.3 is 7.60 Å². The van der Waals surface area contributed by atoms with Gasteiger partial charge in [0.15, 0.2) is 0 Å². The lowest BCUT2D eigenvalue weighted by Gasteiger charge is -2.31. The van der Waals surface area contributed by atoms with Crippen LogP contribution in [-0.4, -0.2) is 69.9 Å². The Bertz CT molecular complexity index is 1250. The number of anilines is 2. The molecule has 11 heteroatoms. The number of rotatable bonds is 8. The van der Waals surface area contributed by atoms with E-state index in [9.17, 15) is 23.9 Å². The van der Waals surface area contributed by atoms with Crippen molar-refractivity contribution in [2.24, 2.45) is 0 Å². The minimum atomic E-state index is -4.60. The highest BCUT2D eigenvalue weighted by Crippen LogP contribution is 2.35. The van der Waals surface area contributed by atoms with E-state index in [2.05, 4.69) is 20.9 Å². The summed E-state index contributed by atoms with van der Waals surface area (Å²) in [6.45, 7) is 1.91. The van der Waals surface area contributed by atoms with Crippen molar-refractivity contribution in [2.45, 2.75) is 6.04 Å². The van der Waals surface area contributed by atoms with Crippen LogP contribution in [0.15, 0.2) is 72.8 Å². The Kier molecular flexibility index (Phi) is 8.12. The maximum absolute atomic E-state index is 13.3. The number of pyridine rings is 1. The summed E-state index contributed by atoms with van der Waals surface area (Å²) in [4.78, 5) is 51.4. The molecule has 4 rings (SSSR count). The third kappa shape index (κ3) is 6.99. The quantitative estimate of drug-likeness (QED) is 0.291. The number of amides is 2. The first-order chi connectivity index (χ1) is 17.3. The zero-order valence-corrected chi connectivity index (χ0v) is 20.4. The Hall–Kier alpha value is -3.56. The molecule has 0 saturated carbocycles. The van der Waals surface area contributed by atoms with Gasteiger partial charge in [0, 0.05) is 43.1 Å². The Morgan fingerprint density at radius 2 is 1.61 bits per heavy atom. The van der Waals surface area contributed by atoms with E-state index in [-0.39, 0.29) is 5.69 Å². The highest BCUT2D eigenvalue weighted by Gasteiger charge is 2.33. The van der Waals surface area contributed by atoms with E-state index in [4.69, 9.17) is 0 Å². The van der Waals surface area contributed by atoms with Gasteiger partial charge in [-0.3, -0.25) is 14.2 Å². The van der Waals surface area contributed by atoms with Crippen LogP contribution in [-0.2, 0) is 9.36 Å². The molecule has 1 aliphatic rings. The molecule has 10 nitrogen and oxygen atoms in total. The van der Waals surface area contributed by atoms with Gasteiger partial charge in [0.2, 0.25) is 5.91 Å². The summed E-state index contributed by atoms with van der Waals surface area (Å²) in [6.07, 6.45) is -0.797. The van der Waals surface area contributed by atoms with Crippen LogP contribution in [0.4, 0.5) is 11.4 Å². The fourth-order valence-corrected chi connectivity index (χ4v) is 4.65. The van der Waals surface area contributed by atoms with E-state index in [1.165, 1.54) is 4.90 Å². The molecule has 2 aromatic carbocycles. The summed E-state index contributed by atoms with van der Waals surface area (Å²) in [5, 5.41) is 8.89. The molecule has 188 valence electrons. The summed E-state index contributed by atoms with van der Waals surface area (Å²) in [5.74, 6) is -1.24. The molecular formula is C25H28N5O5P. The van der Waals surface area contributed by atoms with Crippen molar-refractivity contribution in [3.8, 4) is 11.3 Å². The number of benzene rings is 2. The van der Waals surface area contributed by atoms with Crippen molar-refractivity contribution in [1.29, 1.82) is 0 Å². The van der Waals surface area contributed by atoms with Crippen molar-refractivity contribution >= 4 is 30.8 Å². The SMILES string of the molecule is O=C(NC(CP(=O)(O)O)C(=O)N1CCNCC1)c1cc(Nc2ccccc2)cc(-c2ccccc2)n1. The van der Waals surface area contributed by atoms with Crippen LogP contribution < -0.4 is 16.0 Å². The fraction of sp³-hybridized carbons (Fsp3) is 0.240. The highest BCUT2D eigenvalue weighted by atomic mass is 31.2. The van der Waals surface area contributed by atoms with Crippen LogP contribution in [0.2, 0.25) is 0 Å². The number of piperazine rings is 1. The van der Waals surface area contributed by atoms with Gasteiger partial charge in [0.1, 0.15) is 11.7 Å². The molecule has 0 aliphatic carbocycles. The Morgan fingerprint density at radius 3 is 2.25 bits per heavy atom. The second kappa shape index (κ2) is 11.5. The van der Waals surface area contributed by atoms with E-state index in [1.54, 1.807) is 12.1 Å². The number of carbonyl (C=O) groups excluding carboxylic acids is 2. The molecule has 1 unspecified atom stereocenters. The van der Waals surface area contributed by atoms with Gasteiger partial charge in [-0.05, 0) is 24.3 Å². The lowest BCUT2D eigenvalue weighted by molar-refractivity contribution is -0.133. The summed E-state index contributed by atoms with van der Waals surface area (Å²) >= 11 is 0. The lowest BCUT2D eigenvalue weighted by atomic mass is 10.1. The molecule has 1 aromatic heterocycles. The Morgan fingerprint density at radius 1 is 0.972 bits per heavy atom. The smallest absolute Gasteiger partial charge is 0.328 e. The summed E-state index contributed by atoms with van der Waals surface area (Å²) in [6, 6.07) is 20.7. The van der Waals surface area contributed by atoms with Gasteiger partial charge in [0.25, 0.3) is 5.91 Å². The summed E-state index contributed by atoms with van der Waals surface area (Å²) in [5.41, 5.74) is 2.73. The normalized spacial score (nSPS) is 14.7. The first-order valence-corrected chi connectivity index (χ1v) is 13.3. The van der Waals surface area contributed by atoms with Gasteiger partial charge < -0.3 is 30.6 Å². The monoisotopic (exact) mass is 509 g/mol. The van der Waals surface area contributed by atoms with Crippen molar-refractivity contribution < 1.29 is 23.9 Å². The van der Waals surface area contributed by atoms with Crippen LogP contribution in [0.1, 0.15) is 10.5 Å². The number of nitrogens with one attached hydrogen (secondary N) is 3. The van der Waals surface area contributed by atoms with Gasteiger partial charge in [-0.2, -0.15) is 0 Å². The van der Waals surface area contributed by atoms with E-state index >= 15 is 0 Å². The molecule has 2 heterocycles. The molecule has 0 spiro atoms. The molecular weight excluding hydrogens is 481 g/mol. The number of nitrogens with zero attached hydrogens (tertiary/aromatic N) is 2. The summed E-state index contributed by atoms with van der Waals surface area (Å²) in [7, 11) is -4.60. The Labute approximate surface area is 208 Å². The van der Waals surface area contributed by atoms with Crippen molar-refractivity contribution in [3.05, 3.63) is 78.5 Å². The van der Waals surface area contributed by atoms with Crippen LogP contribution in [0, 0.1) is 0 Å². The predicted octanol–water partition coefficient (Wildman–Crippen LogP) is 2.20. The molecule has 5 N–H and O–H groups in total. The minimum absolute atomic E-state index is 0.0126. The first kappa shape index (κ1) is 25.5. The standard InChI is InChI=1S/C25H28N5O5P/c31-24(29-23(17-36(33,34)35)25(32)30-13-11-26-12-14-30)22-16-20(27-19-9-5-2-6-10-19)15-21(28-22)18-7-3-1-4-8-18/h1-10,15-16,23,26H,11-14,17H2,(H,27,28)(H,29,31)(H2,33,34,35). The molecule has 2 amide bonds. The number of para-hydroxylation sites is 1. The Balaban J connectivity index is 1.64. The number of aromatic nitrogens is 1. The van der Waals surface area contributed by atoms with Crippen LogP contribution in [0.5, 0.6) is 0 Å². The number of hydrogen-bond acceptors (Lipinski definition) is 6. The average Bonchev–Trinajstić information content (AvgIpc) is 2.88. The molecule has 1 aliphatic heterocycles. The van der Waals surface area contributed by atoms with Crippen molar-refractivity contribution in [2.75, 3.05) is 37.7 Å². The molecule has 1 atom stereocenters. The first-order valence-electron chi connectivity index (χ1n) is 11.5. The fourth-order valence-electron chi connectivity index (χ4n) is 3.93. The highest BCUT2D eigenvalue weighted by molar-refractivity contribution is 7.51. The molecule has 1 saturated heterocycles. The molecule has 3 aromatic rings. The molecule has 1 fully saturated rings. The van der Waals surface area contributed by atoms with Crippen molar-refractivity contribution in [1.82, 2.24) is 20.5 Å². The topological polar surface area (TPSA) is 144 Å². The summed E-state index contributed by atoms with van der Waals surface area (Å²) < 4.78 is 11.8. The second-order valence-corrected chi connectivity index (χ2v) is 10.1. The molecule has 0 bridgehead atoms.